The molecule has 0 bridgehead atoms. The first-order valence-corrected chi connectivity index (χ1v) is 8.75. The van der Waals surface area contributed by atoms with Crippen molar-refractivity contribution in [2.24, 2.45) is 14.1 Å². The minimum atomic E-state index is -0.214. The zero-order valence-corrected chi connectivity index (χ0v) is 15.0. The number of carbonyl (C=O) groups excluding carboxylic acids is 1. The Labute approximate surface area is 145 Å². The summed E-state index contributed by atoms with van der Waals surface area (Å²) < 4.78 is 5.04. The van der Waals surface area contributed by atoms with Crippen molar-refractivity contribution in [1.29, 1.82) is 0 Å². The summed E-state index contributed by atoms with van der Waals surface area (Å²) in [6, 6.07) is 0. The van der Waals surface area contributed by atoms with E-state index in [2.05, 4.69) is 9.88 Å². The molecule has 0 atom stereocenters. The molecule has 1 aliphatic heterocycles. The molecule has 3 rings (SSSR count). The minimum absolute atomic E-state index is 0.158. The molecule has 1 fully saturated rings. The van der Waals surface area contributed by atoms with Crippen LogP contribution < -0.4 is 5.69 Å². The number of rotatable bonds is 5. The van der Waals surface area contributed by atoms with Crippen LogP contribution in [-0.2, 0) is 25.4 Å². The van der Waals surface area contributed by atoms with Gasteiger partial charge < -0.3 is 9.47 Å². The number of likely N-dealkylation sites (tertiary alicyclic amines) is 1. The number of hydrogen-bond donors (Lipinski definition) is 0. The largest absolute Gasteiger partial charge is 0.330 e. The van der Waals surface area contributed by atoms with Crippen LogP contribution in [0.15, 0.2) is 11.1 Å². The second-order valence-electron chi connectivity index (χ2n) is 6.44. The van der Waals surface area contributed by atoms with Gasteiger partial charge in [-0.2, -0.15) is 0 Å². The molecule has 0 amide bonds. The molecule has 2 aromatic rings. The Balaban J connectivity index is 1.77. The molecular formula is C16H23N5O2S. The maximum Gasteiger partial charge on any atom is 0.330 e. The van der Waals surface area contributed by atoms with Gasteiger partial charge in [-0.05, 0) is 25.9 Å². The Hall–Kier alpha value is -1.80. The van der Waals surface area contributed by atoms with Gasteiger partial charge in [-0.15, -0.1) is 0 Å². The van der Waals surface area contributed by atoms with Crippen LogP contribution in [0.3, 0.4) is 0 Å². The van der Waals surface area contributed by atoms with Crippen LogP contribution in [0.2, 0.25) is 0 Å². The number of Topliss-reactive ketones (excluding diaryl/α,β-unsaturated/α-hetero) is 1. The number of aromatic nitrogens is 4. The van der Waals surface area contributed by atoms with Gasteiger partial charge in [-0.1, -0.05) is 18.6 Å². The Morgan fingerprint density at radius 2 is 1.92 bits per heavy atom. The van der Waals surface area contributed by atoms with Crippen molar-refractivity contribution < 1.29 is 4.79 Å². The SMILES string of the molecule is Cn1c(=S)c2c(ncn2CC(=O)CCN2CCCCC2)n(C)c1=O. The maximum absolute atomic E-state index is 12.4. The van der Waals surface area contributed by atoms with E-state index in [0.717, 1.165) is 19.6 Å². The highest BCUT2D eigenvalue weighted by Gasteiger charge is 2.15. The van der Waals surface area contributed by atoms with Gasteiger partial charge in [0.1, 0.15) is 10.2 Å². The fraction of sp³-hybridized carbons (Fsp3) is 0.625. The van der Waals surface area contributed by atoms with E-state index in [1.165, 1.54) is 28.4 Å². The second kappa shape index (κ2) is 6.98. The highest BCUT2D eigenvalue weighted by Crippen LogP contribution is 2.13. The molecule has 0 N–H and O–H groups in total. The van der Waals surface area contributed by atoms with Crippen LogP contribution >= 0.6 is 12.2 Å². The van der Waals surface area contributed by atoms with E-state index in [-0.39, 0.29) is 18.0 Å². The Bertz CT molecular complexity index is 873. The van der Waals surface area contributed by atoms with Crippen LogP contribution in [-0.4, -0.2) is 49.0 Å². The average molecular weight is 349 g/mol. The predicted molar refractivity (Wildman–Crippen MR) is 94.7 cm³/mol. The Kier molecular flexibility index (Phi) is 4.96. The monoisotopic (exact) mass is 349 g/mol. The molecule has 130 valence electrons. The van der Waals surface area contributed by atoms with Gasteiger partial charge in [0.2, 0.25) is 0 Å². The van der Waals surface area contributed by atoms with Gasteiger partial charge in [-0.25, -0.2) is 9.78 Å². The smallest absolute Gasteiger partial charge is 0.319 e. The van der Waals surface area contributed by atoms with Gasteiger partial charge in [0.25, 0.3) is 0 Å². The number of carbonyl (C=O) groups is 1. The first-order chi connectivity index (χ1) is 11.5. The fourth-order valence-corrected chi connectivity index (χ4v) is 3.54. The molecule has 1 aliphatic rings. The normalized spacial score (nSPS) is 15.9. The van der Waals surface area contributed by atoms with Crippen LogP contribution in [0.25, 0.3) is 11.2 Å². The van der Waals surface area contributed by atoms with Crippen LogP contribution in [0.5, 0.6) is 0 Å². The van der Waals surface area contributed by atoms with E-state index in [0.29, 0.717) is 22.2 Å². The molecule has 3 heterocycles. The van der Waals surface area contributed by atoms with E-state index in [4.69, 9.17) is 12.2 Å². The summed E-state index contributed by atoms with van der Waals surface area (Å²) in [5.41, 5.74) is 0.974. The summed E-state index contributed by atoms with van der Waals surface area (Å²) in [6.07, 6.45) is 5.88. The van der Waals surface area contributed by atoms with Gasteiger partial charge in [0, 0.05) is 27.1 Å². The summed E-state index contributed by atoms with van der Waals surface area (Å²) in [4.78, 5) is 31.0. The third kappa shape index (κ3) is 3.21. The van der Waals surface area contributed by atoms with E-state index >= 15 is 0 Å². The fourth-order valence-electron chi connectivity index (χ4n) is 3.25. The average Bonchev–Trinajstić information content (AvgIpc) is 3.01. The quantitative estimate of drug-likeness (QED) is 0.760. The van der Waals surface area contributed by atoms with Crippen LogP contribution in [0.1, 0.15) is 25.7 Å². The molecule has 0 aromatic carbocycles. The molecule has 0 radical (unpaired) electrons. The molecule has 0 aliphatic carbocycles. The first kappa shape index (κ1) is 17.0. The number of hydrogen-bond acceptors (Lipinski definition) is 5. The minimum Gasteiger partial charge on any atom is -0.319 e. The van der Waals surface area contributed by atoms with Crippen molar-refractivity contribution in [3.05, 3.63) is 21.5 Å². The lowest BCUT2D eigenvalue weighted by Gasteiger charge is -2.25. The summed E-state index contributed by atoms with van der Waals surface area (Å²) in [5, 5.41) is 0. The van der Waals surface area contributed by atoms with Gasteiger partial charge >= 0.3 is 5.69 Å². The van der Waals surface area contributed by atoms with Crippen LogP contribution in [0.4, 0.5) is 0 Å². The van der Waals surface area contributed by atoms with Crippen molar-refractivity contribution in [1.82, 2.24) is 23.6 Å². The van der Waals surface area contributed by atoms with Crippen molar-refractivity contribution in [3.63, 3.8) is 0 Å². The molecule has 1 saturated heterocycles. The van der Waals surface area contributed by atoms with E-state index in [9.17, 15) is 9.59 Å². The summed E-state index contributed by atoms with van der Waals surface area (Å²) >= 11 is 5.37. The number of fused-ring (bicyclic) bond motifs is 1. The standard InChI is InChI=1S/C16H23N5O2S/c1-18-14-13(15(24)19(2)16(18)23)21(11-17-14)10-12(22)6-9-20-7-4-3-5-8-20/h11H,3-10H2,1-2H3. The maximum atomic E-state index is 12.4. The van der Waals surface area contributed by atoms with Crippen molar-refractivity contribution in [3.8, 4) is 0 Å². The first-order valence-electron chi connectivity index (χ1n) is 8.34. The molecule has 0 saturated carbocycles. The van der Waals surface area contributed by atoms with Crippen molar-refractivity contribution in [2.45, 2.75) is 32.2 Å². The van der Waals surface area contributed by atoms with Gasteiger partial charge in [0.15, 0.2) is 11.4 Å². The van der Waals surface area contributed by atoms with Crippen molar-refractivity contribution >= 4 is 29.2 Å². The van der Waals surface area contributed by atoms with Gasteiger partial charge in [0.05, 0.1) is 12.9 Å². The molecular weight excluding hydrogens is 326 g/mol. The Morgan fingerprint density at radius 3 is 2.62 bits per heavy atom. The number of ketones is 1. The van der Waals surface area contributed by atoms with E-state index in [1.54, 1.807) is 25.0 Å². The molecule has 2 aromatic heterocycles. The third-order valence-corrected chi connectivity index (χ3v) is 5.19. The zero-order chi connectivity index (χ0) is 17.3. The second-order valence-corrected chi connectivity index (χ2v) is 6.83. The summed E-state index contributed by atoms with van der Waals surface area (Å²) in [7, 11) is 3.30. The topological polar surface area (TPSA) is 65.1 Å². The predicted octanol–water partition coefficient (Wildman–Crippen LogP) is 1.25. The highest BCUT2D eigenvalue weighted by atomic mass is 32.1. The van der Waals surface area contributed by atoms with Gasteiger partial charge in [-0.3, -0.25) is 13.9 Å². The third-order valence-electron chi connectivity index (χ3n) is 4.72. The van der Waals surface area contributed by atoms with E-state index in [1.807, 2.05) is 0 Å². The van der Waals surface area contributed by atoms with Crippen LogP contribution in [0, 0.1) is 4.64 Å². The Morgan fingerprint density at radius 1 is 1.21 bits per heavy atom. The number of piperidine rings is 1. The lowest BCUT2D eigenvalue weighted by atomic mass is 10.1. The zero-order valence-electron chi connectivity index (χ0n) is 14.2. The summed E-state index contributed by atoms with van der Waals surface area (Å²) in [6.45, 7) is 3.25. The number of imidazole rings is 1. The molecule has 0 unspecified atom stereocenters. The lowest BCUT2D eigenvalue weighted by molar-refractivity contribution is -0.119. The number of nitrogens with zero attached hydrogens (tertiary/aromatic N) is 5. The summed E-state index contributed by atoms with van der Waals surface area (Å²) in [5.74, 6) is 0.158. The van der Waals surface area contributed by atoms with E-state index < -0.39 is 0 Å². The van der Waals surface area contributed by atoms with Crippen molar-refractivity contribution in [2.75, 3.05) is 19.6 Å². The molecule has 8 heteroatoms. The molecule has 24 heavy (non-hydrogen) atoms. The number of aryl methyl sites for hydroxylation is 1. The molecule has 7 nitrogen and oxygen atoms in total. The highest BCUT2D eigenvalue weighted by molar-refractivity contribution is 7.71. The molecule has 0 spiro atoms. The lowest BCUT2D eigenvalue weighted by Crippen LogP contribution is -2.32.